The molecule has 0 saturated heterocycles. The summed E-state index contributed by atoms with van der Waals surface area (Å²) in [5, 5.41) is 1.85. The van der Waals surface area contributed by atoms with Gasteiger partial charge in [-0.25, -0.2) is 0 Å². The Morgan fingerprint density at radius 3 is 2.44 bits per heavy atom. The maximum Gasteiger partial charge on any atom is 0.258 e. The highest BCUT2D eigenvalue weighted by Crippen LogP contribution is 2.15. The van der Waals surface area contributed by atoms with Crippen molar-refractivity contribution in [2.24, 2.45) is 7.05 Å². The van der Waals surface area contributed by atoms with Crippen LogP contribution in [0.25, 0.3) is 10.8 Å². The van der Waals surface area contributed by atoms with E-state index in [1.165, 1.54) is 5.56 Å². The van der Waals surface area contributed by atoms with Gasteiger partial charge in [-0.05, 0) is 31.1 Å². The van der Waals surface area contributed by atoms with Gasteiger partial charge in [0.25, 0.3) is 5.56 Å². The molecule has 0 aliphatic carbocycles. The zero-order valence-electron chi connectivity index (χ0n) is 9.90. The zero-order chi connectivity index (χ0) is 11.7. The first-order valence-electron chi connectivity index (χ1n) is 5.31. The minimum absolute atomic E-state index is 0.0677. The Balaban J connectivity index is 2.74. The van der Waals surface area contributed by atoms with Crippen LogP contribution in [0.3, 0.4) is 0 Å². The number of aromatic nitrogens is 1. The topological polar surface area (TPSA) is 25.2 Å². The lowest BCUT2D eigenvalue weighted by Crippen LogP contribution is -2.19. The number of nitrogens with zero attached hydrogens (tertiary/aromatic N) is 2. The van der Waals surface area contributed by atoms with Gasteiger partial charge in [-0.15, -0.1) is 0 Å². The molecular weight excluding hydrogens is 200 g/mol. The van der Waals surface area contributed by atoms with Crippen molar-refractivity contribution in [3.63, 3.8) is 0 Å². The molecule has 1 heterocycles. The minimum atomic E-state index is 0.0677. The third kappa shape index (κ3) is 1.86. The molecule has 2 aromatic rings. The van der Waals surface area contributed by atoms with Crippen LogP contribution in [0.15, 0.2) is 35.3 Å². The predicted molar refractivity (Wildman–Crippen MR) is 66.6 cm³/mol. The first-order chi connectivity index (χ1) is 7.59. The molecule has 0 aliphatic rings. The van der Waals surface area contributed by atoms with E-state index in [9.17, 15) is 4.79 Å². The molecule has 1 aromatic carbocycles. The third-order valence-corrected chi connectivity index (χ3v) is 2.66. The van der Waals surface area contributed by atoms with Crippen LogP contribution in [0, 0.1) is 0 Å². The number of aryl methyl sites for hydroxylation is 1. The molecule has 0 aliphatic heterocycles. The summed E-state index contributed by atoms with van der Waals surface area (Å²) >= 11 is 0. The Morgan fingerprint density at radius 2 is 1.81 bits per heavy atom. The van der Waals surface area contributed by atoms with E-state index >= 15 is 0 Å². The SMILES string of the molecule is CN(C)Cc1cn(C)c(=O)c2ccccc12. The highest BCUT2D eigenvalue weighted by Gasteiger charge is 2.06. The molecule has 0 saturated carbocycles. The molecule has 3 heteroatoms. The van der Waals surface area contributed by atoms with Gasteiger partial charge >= 0.3 is 0 Å². The van der Waals surface area contributed by atoms with Crippen molar-refractivity contribution >= 4 is 10.8 Å². The normalized spacial score (nSPS) is 11.2. The molecule has 84 valence electrons. The van der Waals surface area contributed by atoms with Crippen molar-refractivity contribution in [1.29, 1.82) is 0 Å². The van der Waals surface area contributed by atoms with E-state index in [1.807, 2.05) is 44.6 Å². The molecular formula is C13H16N2O. The Morgan fingerprint density at radius 1 is 1.19 bits per heavy atom. The summed E-state index contributed by atoms with van der Waals surface area (Å²) in [5.74, 6) is 0. The summed E-state index contributed by atoms with van der Waals surface area (Å²) in [6.07, 6.45) is 1.92. The highest BCUT2D eigenvalue weighted by atomic mass is 16.1. The maximum atomic E-state index is 11.9. The van der Waals surface area contributed by atoms with Gasteiger partial charge in [-0.1, -0.05) is 18.2 Å². The first-order valence-corrected chi connectivity index (χ1v) is 5.31. The molecule has 0 fully saturated rings. The fraction of sp³-hybridized carbons (Fsp3) is 0.308. The summed E-state index contributed by atoms with van der Waals surface area (Å²) in [6, 6.07) is 7.77. The Labute approximate surface area is 94.9 Å². The fourth-order valence-electron chi connectivity index (χ4n) is 1.97. The lowest BCUT2D eigenvalue weighted by molar-refractivity contribution is 0.403. The van der Waals surface area contributed by atoms with E-state index in [0.29, 0.717) is 0 Å². The lowest BCUT2D eigenvalue weighted by Gasteiger charge is -2.13. The molecule has 0 radical (unpaired) electrons. The second-order valence-corrected chi connectivity index (χ2v) is 4.35. The average Bonchev–Trinajstić information content (AvgIpc) is 2.25. The number of hydrogen-bond donors (Lipinski definition) is 0. The molecule has 0 spiro atoms. The molecule has 0 N–H and O–H groups in total. The minimum Gasteiger partial charge on any atom is -0.318 e. The largest absolute Gasteiger partial charge is 0.318 e. The standard InChI is InChI=1S/C13H16N2O/c1-14(2)8-10-9-15(3)13(16)12-7-5-4-6-11(10)12/h4-7,9H,8H2,1-3H3. The molecule has 0 amide bonds. The van der Waals surface area contributed by atoms with Crippen LogP contribution in [-0.4, -0.2) is 23.6 Å². The lowest BCUT2D eigenvalue weighted by atomic mass is 10.1. The van der Waals surface area contributed by atoms with Gasteiger partial charge in [-0.2, -0.15) is 0 Å². The maximum absolute atomic E-state index is 11.9. The third-order valence-electron chi connectivity index (χ3n) is 2.66. The summed E-state index contributed by atoms with van der Waals surface area (Å²) in [4.78, 5) is 14.0. The van der Waals surface area contributed by atoms with Gasteiger partial charge in [0.15, 0.2) is 0 Å². The van der Waals surface area contributed by atoms with Gasteiger partial charge in [-0.3, -0.25) is 4.79 Å². The summed E-state index contributed by atoms with van der Waals surface area (Å²) in [5.41, 5.74) is 1.25. The van der Waals surface area contributed by atoms with Crippen molar-refractivity contribution in [1.82, 2.24) is 9.47 Å². The first kappa shape index (κ1) is 10.9. The van der Waals surface area contributed by atoms with E-state index in [1.54, 1.807) is 11.6 Å². The smallest absolute Gasteiger partial charge is 0.258 e. The van der Waals surface area contributed by atoms with Crippen molar-refractivity contribution in [3.05, 3.63) is 46.4 Å². The molecule has 1 aromatic heterocycles. The molecule has 16 heavy (non-hydrogen) atoms. The number of fused-ring (bicyclic) bond motifs is 1. The van der Waals surface area contributed by atoms with Crippen molar-refractivity contribution in [3.8, 4) is 0 Å². The highest BCUT2D eigenvalue weighted by molar-refractivity contribution is 5.84. The van der Waals surface area contributed by atoms with Crippen LogP contribution in [0.2, 0.25) is 0 Å². The number of pyridine rings is 1. The summed E-state index contributed by atoms with van der Waals surface area (Å²) in [6.45, 7) is 0.842. The summed E-state index contributed by atoms with van der Waals surface area (Å²) in [7, 11) is 5.85. The molecule has 2 rings (SSSR count). The van der Waals surface area contributed by atoms with Crippen LogP contribution in [0.4, 0.5) is 0 Å². The van der Waals surface area contributed by atoms with Crippen LogP contribution < -0.4 is 5.56 Å². The fourth-order valence-corrected chi connectivity index (χ4v) is 1.97. The van der Waals surface area contributed by atoms with Crippen LogP contribution in [0.1, 0.15) is 5.56 Å². The van der Waals surface area contributed by atoms with Gasteiger partial charge < -0.3 is 9.47 Å². The molecule has 0 unspecified atom stereocenters. The molecule has 0 bridgehead atoms. The van der Waals surface area contributed by atoms with Gasteiger partial charge in [0.2, 0.25) is 0 Å². The van der Waals surface area contributed by atoms with Gasteiger partial charge in [0.05, 0.1) is 0 Å². The van der Waals surface area contributed by atoms with Gasteiger partial charge in [0.1, 0.15) is 0 Å². The second-order valence-electron chi connectivity index (χ2n) is 4.35. The number of rotatable bonds is 2. The molecule has 3 nitrogen and oxygen atoms in total. The Kier molecular flexibility index (Phi) is 2.79. The molecule has 0 atom stereocenters. The van der Waals surface area contributed by atoms with Crippen molar-refractivity contribution in [2.75, 3.05) is 14.1 Å². The van der Waals surface area contributed by atoms with E-state index in [4.69, 9.17) is 0 Å². The van der Waals surface area contributed by atoms with E-state index in [0.717, 1.165) is 17.3 Å². The van der Waals surface area contributed by atoms with E-state index < -0.39 is 0 Å². The average molecular weight is 216 g/mol. The Bertz CT molecular complexity index is 570. The Hall–Kier alpha value is -1.61. The van der Waals surface area contributed by atoms with Crippen molar-refractivity contribution in [2.45, 2.75) is 6.54 Å². The van der Waals surface area contributed by atoms with Gasteiger partial charge in [0, 0.05) is 25.2 Å². The number of benzene rings is 1. The van der Waals surface area contributed by atoms with E-state index in [2.05, 4.69) is 4.90 Å². The second kappa shape index (κ2) is 4.10. The van der Waals surface area contributed by atoms with Crippen LogP contribution in [0.5, 0.6) is 0 Å². The van der Waals surface area contributed by atoms with E-state index in [-0.39, 0.29) is 5.56 Å². The quantitative estimate of drug-likeness (QED) is 0.762. The van der Waals surface area contributed by atoms with Crippen LogP contribution in [-0.2, 0) is 13.6 Å². The number of hydrogen-bond acceptors (Lipinski definition) is 2. The predicted octanol–water partition coefficient (Wildman–Crippen LogP) is 1.60. The monoisotopic (exact) mass is 216 g/mol. The zero-order valence-corrected chi connectivity index (χ0v) is 9.90. The van der Waals surface area contributed by atoms with Crippen molar-refractivity contribution < 1.29 is 0 Å². The summed E-state index contributed by atoms with van der Waals surface area (Å²) < 4.78 is 1.65. The van der Waals surface area contributed by atoms with Crippen LogP contribution >= 0.6 is 0 Å².